The largest absolute Gasteiger partial charge is 0.505 e. The second-order valence-electron chi connectivity index (χ2n) is 6.17. The van der Waals surface area contributed by atoms with Crippen molar-refractivity contribution in [2.45, 2.75) is 13.8 Å². The third-order valence-electron chi connectivity index (χ3n) is 3.99. The number of aryl methyl sites for hydroxylation is 1. The number of hydrogen-bond acceptors (Lipinski definition) is 5. The molecule has 1 amide bonds. The van der Waals surface area contributed by atoms with Crippen LogP contribution in [0.15, 0.2) is 53.3 Å². The van der Waals surface area contributed by atoms with Gasteiger partial charge in [-0.1, -0.05) is 23.7 Å². The van der Waals surface area contributed by atoms with Gasteiger partial charge in [-0.2, -0.15) is 9.78 Å². The lowest BCUT2D eigenvalue weighted by molar-refractivity contribution is 0.100. The summed E-state index contributed by atoms with van der Waals surface area (Å²) in [6, 6.07) is 12.3. The molecule has 0 aliphatic carbocycles. The zero-order valence-electron chi connectivity index (χ0n) is 15.1. The molecule has 2 aromatic carbocycles. The number of anilines is 1. The summed E-state index contributed by atoms with van der Waals surface area (Å²) in [4.78, 5) is 36.4. The van der Waals surface area contributed by atoms with Gasteiger partial charge in [0.1, 0.15) is 0 Å². The number of nitrogens with one attached hydrogen (secondary N) is 1. The van der Waals surface area contributed by atoms with Crippen LogP contribution in [0.1, 0.15) is 33.3 Å². The molecule has 0 saturated heterocycles. The fourth-order valence-electron chi connectivity index (χ4n) is 2.57. The molecule has 2 N–H and O–H groups in total. The van der Waals surface area contributed by atoms with Gasteiger partial charge in [0.15, 0.2) is 17.2 Å². The minimum Gasteiger partial charge on any atom is -0.505 e. The summed E-state index contributed by atoms with van der Waals surface area (Å²) in [5.41, 5.74) is 0.964. The number of hydrogen-bond donors (Lipinski definition) is 2. The first-order chi connectivity index (χ1) is 13.3. The number of ketones is 1. The van der Waals surface area contributed by atoms with Crippen molar-refractivity contribution >= 4 is 29.0 Å². The maximum Gasteiger partial charge on any atom is 0.280 e. The number of carbonyl (C=O) groups excluding carboxylic acids is 2. The molecule has 7 nitrogen and oxygen atoms in total. The number of carbonyl (C=O) groups is 2. The molecule has 3 rings (SSSR count). The normalized spacial score (nSPS) is 10.5. The molecule has 0 atom stereocenters. The summed E-state index contributed by atoms with van der Waals surface area (Å²) < 4.78 is 1.02. The summed E-state index contributed by atoms with van der Waals surface area (Å²) in [7, 11) is 0. The van der Waals surface area contributed by atoms with Crippen LogP contribution in [0.2, 0.25) is 5.02 Å². The molecule has 8 heteroatoms. The molecule has 0 aliphatic heterocycles. The smallest absolute Gasteiger partial charge is 0.280 e. The Morgan fingerprint density at radius 1 is 1.14 bits per heavy atom. The Balaban J connectivity index is 2.01. The van der Waals surface area contributed by atoms with Crippen molar-refractivity contribution in [3.8, 4) is 11.4 Å². The van der Waals surface area contributed by atoms with Gasteiger partial charge in [-0.05, 0) is 49.7 Å². The van der Waals surface area contributed by atoms with Crippen LogP contribution in [-0.4, -0.2) is 26.6 Å². The Bertz CT molecular complexity index is 1150. The van der Waals surface area contributed by atoms with Gasteiger partial charge >= 0.3 is 0 Å². The van der Waals surface area contributed by atoms with E-state index in [0.29, 0.717) is 11.3 Å². The SMILES string of the molecule is CC(=O)c1ccc(Cl)c(NC(=O)c2nn(-c3cccc(C)c3)c(=O)cc2O)c1. The van der Waals surface area contributed by atoms with Crippen molar-refractivity contribution in [1.82, 2.24) is 9.78 Å². The molecule has 0 fully saturated rings. The molecule has 0 bridgehead atoms. The number of nitrogens with zero attached hydrogens (tertiary/aromatic N) is 2. The van der Waals surface area contributed by atoms with Gasteiger partial charge in [0.2, 0.25) is 0 Å². The molecule has 0 aliphatic rings. The fourth-order valence-corrected chi connectivity index (χ4v) is 2.74. The number of halogens is 1. The van der Waals surface area contributed by atoms with Crippen LogP contribution < -0.4 is 10.9 Å². The Kier molecular flexibility index (Phi) is 5.28. The minimum absolute atomic E-state index is 0.189. The molecule has 3 aromatic rings. The topological polar surface area (TPSA) is 101 Å². The second kappa shape index (κ2) is 7.66. The second-order valence-corrected chi connectivity index (χ2v) is 6.58. The van der Waals surface area contributed by atoms with Gasteiger partial charge in [0.05, 0.1) is 16.4 Å². The van der Waals surface area contributed by atoms with Gasteiger partial charge in [0.25, 0.3) is 11.5 Å². The molecular formula is C20H16ClN3O4. The number of amides is 1. The summed E-state index contributed by atoms with van der Waals surface area (Å²) in [6.45, 7) is 3.24. The molecular weight excluding hydrogens is 382 g/mol. The highest BCUT2D eigenvalue weighted by Gasteiger charge is 2.18. The molecule has 0 unspecified atom stereocenters. The van der Waals surface area contributed by atoms with E-state index >= 15 is 0 Å². The summed E-state index contributed by atoms with van der Waals surface area (Å²) in [6.07, 6.45) is 0. The molecule has 1 aromatic heterocycles. The van der Waals surface area contributed by atoms with Crippen molar-refractivity contribution < 1.29 is 14.7 Å². The van der Waals surface area contributed by atoms with E-state index in [1.165, 1.54) is 25.1 Å². The maximum atomic E-state index is 12.6. The van der Waals surface area contributed by atoms with Crippen LogP contribution in [0, 0.1) is 6.92 Å². The highest BCUT2D eigenvalue weighted by atomic mass is 35.5. The molecule has 0 radical (unpaired) electrons. The van der Waals surface area contributed by atoms with Crippen molar-refractivity contribution in [3.05, 3.63) is 80.7 Å². The van der Waals surface area contributed by atoms with Crippen molar-refractivity contribution in [2.75, 3.05) is 5.32 Å². The highest BCUT2D eigenvalue weighted by molar-refractivity contribution is 6.34. The van der Waals surface area contributed by atoms with E-state index < -0.39 is 17.2 Å². The van der Waals surface area contributed by atoms with Crippen LogP contribution in [0.5, 0.6) is 5.75 Å². The standard InChI is InChI=1S/C20H16ClN3O4/c1-11-4-3-5-14(8-11)24-18(27)10-17(26)19(23-24)20(28)22-16-9-13(12(2)25)6-7-15(16)21/h3-10,26H,1-2H3,(H,22,28). The third kappa shape index (κ3) is 3.94. The Labute approximate surface area is 165 Å². The van der Waals surface area contributed by atoms with Crippen LogP contribution in [0.3, 0.4) is 0 Å². The number of aromatic hydroxyl groups is 1. The molecule has 0 spiro atoms. The number of rotatable bonds is 4. The summed E-state index contributed by atoms with van der Waals surface area (Å²) >= 11 is 6.08. The van der Waals surface area contributed by atoms with E-state index in [0.717, 1.165) is 16.3 Å². The minimum atomic E-state index is -0.776. The van der Waals surface area contributed by atoms with Crippen LogP contribution in [-0.2, 0) is 0 Å². The highest BCUT2D eigenvalue weighted by Crippen LogP contribution is 2.25. The lowest BCUT2D eigenvalue weighted by Crippen LogP contribution is -2.25. The lowest BCUT2D eigenvalue weighted by Gasteiger charge is -2.11. The first-order valence-electron chi connectivity index (χ1n) is 8.28. The van der Waals surface area contributed by atoms with E-state index in [4.69, 9.17) is 11.6 Å². The van der Waals surface area contributed by atoms with Gasteiger partial charge in [-0.25, -0.2) is 0 Å². The third-order valence-corrected chi connectivity index (χ3v) is 4.32. The first-order valence-corrected chi connectivity index (χ1v) is 8.66. The predicted molar refractivity (Wildman–Crippen MR) is 106 cm³/mol. The maximum absolute atomic E-state index is 12.6. The van der Waals surface area contributed by atoms with E-state index in [1.54, 1.807) is 18.2 Å². The van der Waals surface area contributed by atoms with Gasteiger partial charge in [-0.15, -0.1) is 0 Å². The molecule has 1 heterocycles. The lowest BCUT2D eigenvalue weighted by atomic mass is 10.1. The number of benzene rings is 2. The summed E-state index contributed by atoms with van der Waals surface area (Å²) in [5, 5.41) is 16.8. The van der Waals surface area contributed by atoms with Crippen LogP contribution >= 0.6 is 11.6 Å². The van der Waals surface area contributed by atoms with E-state index in [9.17, 15) is 19.5 Å². The van der Waals surface area contributed by atoms with Gasteiger partial charge in [-0.3, -0.25) is 14.4 Å². The van der Waals surface area contributed by atoms with Crippen molar-refractivity contribution in [2.24, 2.45) is 0 Å². The van der Waals surface area contributed by atoms with Crippen molar-refractivity contribution in [1.29, 1.82) is 0 Å². The van der Waals surface area contributed by atoms with Gasteiger partial charge < -0.3 is 10.4 Å². The Morgan fingerprint density at radius 2 is 1.89 bits per heavy atom. The van der Waals surface area contributed by atoms with E-state index in [2.05, 4.69) is 10.4 Å². The number of aromatic nitrogens is 2. The Morgan fingerprint density at radius 3 is 2.57 bits per heavy atom. The van der Waals surface area contributed by atoms with Crippen LogP contribution in [0.4, 0.5) is 5.69 Å². The van der Waals surface area contributed by atoms with Gasteiger partial charge in [0, 0.05) is 11.6 Å². The van der Waals surface area contributed by atoms with Crippen molar-refractivity contribution in [3.63, 3.8) is 0 Å². The molecule has 142 valence electrons. The average molecular weight is 398 g/mol. The van der Waals surface area contributed by atoms with Crippen LogP contribution in [0.25, 0.3) is 5.69 Å². The number of Topliss-reactive ketones (excluding diaryl/α,β-unsaturated/α-hetero) is 1. The first kappa shape index (κ1) is 19.3. The Hall–Kier alpha value is -3.45. The average Bonchev–Trinajstić information content (AvgIpc) is 2.63. The zero-order chi connectivity index (χ0) is 20.4. The predicted octanol–water partition coefficient (Wildman–Crippen LogP) is 3.35. The molecule has 0 saturated carbocycles. The van der Waals surface area contributed by atoms with E-state index in [-0.39, 0.29) is 22.2 Å². The summed E-state index contributed by atoms with van der Waals surface area (Å²) in [5.74, 6) is -1.53. The van der Waals surface area contributed by atoms with E-state index in [1.807, 2.05) is 13.0 Å². The monoisotopic (exact) mass is 397 g/mol. The zero-order valence-corrected chi connectivity index (χ0v) is 15.8. The fraction of sp³-hybridized carbons (Fsp3) is 0.100. The molecule has 28 heavy (non-hydrogen) atoms. The quantitative estimate of drug-likeness (QED) is 0.657.